The third kappa shape index (κ3) is 5.62. The molecular formula is C21H26N2O3. The van der Waals surface area contributed by atoms with Crippen molar-refractivity contribution in [2.75, 3.05) is 11.9 Å². The lowest BCUT2D eigenvalue weighted by atomic mass is 10.0. The van der Waals surface area contributed by atoms with E-state index in [0.29, 0.717) is 18.0 Å². The van der Waals surface area contributed by atoms with E-state index in [1.807, 2.05) is 51.1 Å². The molecule has 0 saturated carbocycles. The molecule has 0 atom stereocenters. The molecule has 26 heavy (non-hydrogen) atoms. The smallest absolute Gasteiger partial charge is 0.261 e. The second-order valence-corrected chi connectivity index (χ2v) is 7.10. The van der Waals surface area contributed by atoms with Crippen molar-refractivity contribution in [1.29, 1.82) is 0 Å². The van der Waals surface area contributed by atoms with E-state index >= 15 is 0 Å². The molecule has 0 heterocycles. The van der Waals surface area contributed by atoms with Crippen LogP contribution in [0.25, 0.3) is 0 Å². The maximum atomic E-state index is 12.8. The Hall–Kier alpha value is -2.82. The van der Waals surface area contributed by atoms with Crippen LogP contribution in [0.2, 0.25) is 0 Å². The summed E-state index contributed by atoms with van der Waals surface area (Å²) >= 11 is 0. The van der Waals surface area contributed by atoms with E-state index in [9.17, 15) is 9.59 Å². The zero-order chi connectivity index (χ0) is 19.2. The summed E-state index contributed by atoms with van der Waals surface area (Å²) in [6.45, 7) is 7.85. The number of nitrogens with one attached hydrogen (secondary N) is 1. The molecule has 2 aromatic carbocycles. The van der Waals surface area contributed by atoms with Gasteiger partial charge in [-0.15, -0.1) is 0 Å². The van der Waals surface area contributed by atoms with E-state index in [0.717, 1.165) is 5.56 Å². The van der Waals surface area contributed by atoms with Crippen LogP contribution in [-0.2, 0) is 16.1 Å². The summed E-state index contributed by atoms with van der Waals surface area (Å²) in [7, 11) is 0. The summed E-state index contributed by atoms with van der Waals surface area (Å²) in [4.78, 5) is 25.9. The van der Waals surface area contributed by atoms with E-state index in [2.05, 4.69) is 5.32 Å². The number of carbonyl (C=O) groups excluding carboxylic acids is 2. The van der Waals surface area contributed by atoms with Crippen LogP contribution in [0.15, 0.2) is 54.6 Å². The van der Waals surface area contributed by atoms with Crippen molar-refractivity contribution in [2.45, 2.75) is 39.8 Å². The molecule has 5 nitrogen and oxygen atoms in total. The Morgan fingerprint density at radius 1 is 1.00 bits per heavy atom. The molecule has 2 rings (SSSR count). The van der Waals surface area contributed by atoms with Crippen LogP contribution in [0.1, 0.15) is 33.3 Å². The zero-order valence-corrected chi connectivity index (χ0v) is 15.8. The lowest BCUT2D eigenvalue weighted by molar-refractivity contribution is -0.139. The molecule has 138 valence electrons. The molecule has 0 aliphatic heterocycles. The van der Waals surface area contributed by atoms with Crippen LogP contribution in [0.5, 0.6) is 5.75 Å². The van der Waals surface area contributed by atoms with Gasteiger partial charge in [-0.05, 0) is 38.5 Å². The number of anilines is 1. The minimum absolute atomic E-state index is 0.0965. The predicted molar refractivity (Wildman–Crippen MR) is 103 cm³/mol. The molecule has 2 aromatic rings. The highest BCUT2D eigenvalue weighted by atomic mass is 16.5. The number of amides is 2. The van der Waals surface area contributed by atoms with Gasteiger partial charge in [-0.2, -0.15) is 0 Å². The van der Waals surface area contributed by atoms with Crippen LogP contribution in [0.4, 0.5) is 5.69 Å². The number of nitrogens with zero attached hydrogens (tertiary/aromatic N) is 1. The molecule has 0 saturated heterocycles. The molecule has 2 amide bonds. The highest BCUT2D eigenvalue weighted by Gasteiger charge is 2.27. The molecule has 0 spiro atoms. The largest absolute Gasteiger partial charge is 0.482 e. The average Bonchev–Trinajstić information content (AvgIpc) is 2.58. The summed E-state index contributed by atoms with van der Waals surface area (Å²) < 4.78 is 5.71. The molecule has 5 heteroatoms. The molecule has 0 bridgehead atoms. The number of ether oxygens (including phenoxy) is 1. The van der Waals surface area contributed by atoms with Gasteiger partial charge in [0.1, 0.15) is 5.75 Å². The van der Waals surface area contributed by atoms with E-state index in [-0.39, 0.29) is 24.0 Å². The van der Waals surface area contributed by atoms with Gasteiger partial charge in [0.2, 0.25) is 5.91 Å². The SMILES string of the molecule is CC(=O)Nc1ccccc1OCC(=O)N(Cc1ccccc1)C(C)(C)C. The summed E-state index contributed by atoms with van der Waals surface area (Å²) in [6, 6.07) is 17.0. The first-order chi connectivity index (χ1) is 12.3. The van der Waals surface area contributed by atoms with E-state index in [1.54, 1.807) is 29.2 Å². The van der Waals surface area contributed by atoms with Crippen LogP contribution >= 0.6 is 0 Å². The second kappa shape index (κ2) is 8.52. The highest BCUT2D eigenvalue weighted by molar-refractivity contribution is 5.90. The van der Waals surface area contributed by atoms with Crippen molar-refractivity contribution in [2.24, 2.45) is 0 Å². The fourth-order valence-corrected chi connectivity index (χ4v) is 2.57. The van der Waals surface area contributed by atoms with Crippen molar-refractivity contribution in [3.63, 3.8) is 0 Å². The zero-order valence-electron chi connectivity index (χ0n) is 15.8. The monoisotopic (exact) mass is 354 g/mol. The van der Waals surface area contributed by atoms with Gasteiger partial charge in [-0.3, -0.25) is 9.59 Å². The first-order valence-corrected chi connectivity index (χ1v) is 8.61. The summed E-state index contributed by atoms with van der Waals surface area (Å²) in [5.74, 6) is 0.177. The second-order valence-electron chi connectivity index (χ2n) is 7.10. The number of carbonyl (C=O) groups is 2. The maximum Gasteiger partial charge on any atom is 0.261 e. The fourth-order valence-electron chi connectivity index (χ4n) is 2.57. The Labute approximate surface area is 155 Å². The molecule has 0 aromatic heterocycles. The maximum absolute atomic E-state index is 12.8. The van der Waals surface area contributed by atoms with Gasteiger partial charge in [0.25, 0.3) is 5.91 Å². The van der Waals surface area contributed by atoms with Crippen molar-refractivity contribution >= 4 is 17.5 Å². The van der Waals surface area contributed by atoms with Gasteiger partial charge in [-0.25, -0.2) is 0 Å². The van der Waals surface area contributed by atoms with Crippen LogP contribution in [0, 0.1) is 0 Å². The van der Waals surface area contributed by atoms with E-state index < -0.39 is 0 Å². The topological polar surface area (TPSA) is 58.6 Å². The predicted octanol–water partition coefficient (Wildman–Crippen LogP) is 3.85. The fraction of sp³-hybridized carbons (Fsp3) is 0.333. The van der Waals surface area contributed by atoms with Crippen LogP contribution in [0.3, 0.4) is 0 Å². The number of benzene rings is 2. The van der Waals surface area contributed by atoms with E-state index in [1.165, 1.54) is 6.92 Å². The Bertz CT molecular complexity index is 751. The Kier molecular flexibility index (Phi) is 6.39. The minimum Gasteiger partial charge on any atom is -0.482 e. The Morgan fingerprint density at radius 2 is 1.62 bits per heavy atom. The number of hydrogen-bond acceptors (Lipinski definition) is 3. The van der Waals surface area contributed by atoms with E-state index in [4.69, 9.17) is 4.74 Å². The van der Waals surface area contributed by atoms with Gasteiger partial charge in [-0.1, -0.05) is 42.5 Å². The normalized spacial score (nSPS) is 10.9. The highest BCUT2D eigenvalue weighted by Crippen LogP contribution is 2.24. The average molecular weight is 354 g/mol. The van der Waals surface area contributed by atoms with Crippen molar-refractivity contribution in [3.05, 3.63) is 60.2 Å². The van der Waals surface area contributed by atoms with Crippen LogP contribution in [-0.4, -0.2) is 28.9 Å². The first-order valence-electron chi connectivity index (χ1n) is 8.61. The number of para-hydroxylation sites is 2. The van der Waals surface area contributed by atoms with Crippen molar-refractivity contribution in [1.82, 2.24) is 4.90 Å². The first kappa shape index (κ1) is 19.5. The summed E-state index contributed by atoms with van der Waals surface area (Å²) in [6.07, 6.45) is 0. The molecule has 0 fully saturated rings. The van der Waals surface area contributed by atoms with Gasteiger partial charge >= 0.3 is 0 Å². The third-order valence-electron chi connectivity index (χ3n) is 3.84. The molecule has 0 aliphatic rings. The molecular weight excluding hydrogens is 328 g/mol. The van der Waals surface area contributed by atoms with Gasteiger partial charge < -0.3 is 15.0 Å². The molecule has 0 radical (unpaired) electrons. The standard InChI is InChI=1S/C21H26N2O3/c1-16(24)22-18-12-8-9-13-19(18)26-15-20(25)23(21(2,3)4)14-17-10-6-5-7-11-17/h5-13H,14-15H2,1-4H3,(H,22,24). The molecule has 1 N–H and O–H groups in total. The third-order valence-corrected chi connectivity index (χ3v) is 3.84. The van der Waals surface area contributed by atoms with Crippen LogP contribution < -0.4 is 10.1 Å². The minimum atomic E-state index is -0.340. The van der Waals surface area contributed by atoms with Gasteiger partial charge in [0.15, 0.2) is 6.61 Å². The quantitative estimate of drug-likeness (QED) is 0.857. The lowest BCUT2D eigenvalue weighted by Crippen LogP contribution is -2.47. The lowest BCUT2D eigenvalue weighted by Gasteiger charge is -2.36. The summed E-state index contributed by atoms with van der Waals surface area (Å²) in [5, 5.41) is 2.71. The van der Waals surface area contributed by atoms with Gasteiger partial charge in [0.05, 0.1) is 5.69 Å². The number of rotatable bonds is 6. The van der Waals surface area contributed by atoms with Crippen molar-refractivity contribution < 1.29 is 14.3 Å². The molecule has 0 aliphatic carbocycles. The summed E-state index contributed by atoms with van der Waals surface area (Å²) in [5.41, 5.74) is 1.28. The number of hydrogen-bond donors (Lipinski definition) is 1. The Balaban J connectivity index is 2.09. The molecule has 0 unspecified atom stereocenters. The van der Waals surface area contributed by atoms with Gasteiger partial charge in [0, 0.05) is 19.0 Å². The Morgan fingerprint density at radius 3 is 2.23 bits per heavy atom. The van der Waals surface area contributed by atoms with Crippen molar-refractivity contribution in [3.8, 4) is 5.75 Å².